The van der Waals surface area contributed by atoms with Crippen molar-refractivity contribution in [2.45, 2.75) is 56.4 Å². The maximum absolute atomic E-state index is 11.3. The van der Waals surface area contributed by atoms with E-state index in [2.05, 4.69) is 23.1 Å². The van der Waals surface area contributed by atoms with Gasteiger partial charge in [-0.1, -0.05) is 18.1 Å². The molecule has 3 heterocycles. The van der Waals surface area contributed by atoms with Gasteiger partial charge in [-0.25, -0.2) is 0 Å². The molecule has 2 aliphatic carbocycles. The van der Waals surface area contributed by atoms with E-state index in [0.717, 1.165) is 37.6 Å². The van der Waals surface area contributed by atoms with Gasteiger partial charge in [0, 0.05) is 25.0 Å². The van der Waals surface area contributed by atoms with Crippen LogP contribution >= 0.6 is 0 Å². The summed E-state index contributed by atoms with van der Waals surface area (Å²) in [5.74, 6) is 2.39. The molecule has 0 bridgehead atoms. The van der Waals surface area contributed by atoms with Crippen molar-refractivity contribution in [1.29, 1.82) is 0 Å². The third kappa shape index (κ3) is 2.20. The highest BCUT2D eigenvalue weighted by atomic mass is 16.7. The van der Waals surface area contributed by atoms with E-state index in [1.165, 1.54) is 36.0 Å². The van der Waals surface area contributed by atoms with Gasteiger partial charge >= 0.3 is 0 Å². The molecule has 1 aromatic carbocycles. The number of ether oxygens (including phenoxy) is 3. The third-order valence-corrected chi connectivity index (χ3v) is 7.00. The molecule has 0 unspecified atom stereocenters. The van der Waals surface area contributed by atoms with E-state index >= 15 is 0 Å². The Bertz CT molecular complexity index is 772. The number of aliphatic hydroxyl groups is 1. The molecule has 1 saturated carbocycles. The highest BCUT2D eigenvalue weighted by Crippen LogP contribution is 2.50. The average molecular weight is 355 g/mol. The fourth-order valence-electron chi connectivity index (χ4n) is 5.39. The Balaban J connectivity index is 1.37. The van der Waals surface area contributed by atoms with Crippen LogP contribution in [-0.4, -0.2) is 48.2 Å². The summed E-state index contributed by atoms with van der Waals surface area (Å²) in [5, 5.41) is 11.3. The Kier molecular flexibility index (Phi) is 3.41. The summed E-state index contributed by atoms with van der Waals surface area (Å²) in [5.41, 5.74) is 3.92. The van der Waals surface area contributed by atoms with Crippen molar-refractivity contribution in [1.82, 2.24) is 4.90 Å². The van der Waals surface area contributed by atoms with E-state index in [4.69, 9.17) is 14.2 Å². The highest BCUT2D eigenvalue weighted by Gasteiger charge is 2.49. The van der Waals surface area contributed by atoms with Crippen molar-refractivity contribution >= 4 is 0 Å². The second kappa shape index (κ2) is 5.72. The van der Waals surface area contributed by atoms with Crippen LogP contribution in [0.5, 0.6) is 11.5 Å². The minimum atomic E-state index is -0.510. The molecule has 3 aliphatic heterocycles. The summed E-state index contributed by atoms with van der Waals surface area (Å²) in [7, 11) is 0. The summed E-state index contributed by atoms with van der Waals surface area (Å²) in [6, 6.07) is 4.52. The van der Waals surface area contributed by atoms with E-state index in [1.54, 1.807) is 0 Å². The van der Waals surface area contributed by atoms with Crippen molar-refractivity contribution in [2.24, 2.45) is 5.92 Å². The van der Waals surface area contributed by atoms with E-state index < -0.39 is 6.10 Å². The van der Waals surface area contributed by atoms with Crippen LogP contribution < -0.4 is 9.47 Å². The largest absolute Gasteiger partial charge is 0.454 e. The number of fused-ring (bicyclic) bond motifs is 3. The lowest BCUT2D eigenvalue weighted by Gasteiger charge is -2.45. The van der Waals surface area contributed by atoms with E-state index in [0.29, 0.717) is 12.0 Å². The summed E-state index contributed by atoms with van der Waals surface area (Å²) in [6.45, 7) is 3.05. The topological polar surface area (TPSA) is 51.2 Å². The first-order valence-corrected chi connectivity index (χ1v) is 9.94. The van der Waals surface area contributed by atoms with Gasteiger partial charge in [-0.3, -0.25) is 4.90 Å². The Hall–Kier alpha value is -1.56. The number of hydrogen-bond acceptors (Lipinski definition) is 5. The molecule has 1 aromatic rings. The predicted molar refractivity (Wildman–Crippen MR) is 95.3 cm³/mol. The van der Waals surface area contributed by atoms with Gasteiger partial charge in [0.1, 0.15) is 6.10 Å². The number of benzene rings is 1. The molecule has 2 fully saturated rings. The van der Waals surface area contributed by atoms with Gasteiger partial charge in [0.15, 0.2) is 11.5 Å². The van der Waals surface area contributed by atoms with Gasteiger partial charge in [0.2, 0.25) is 6.79 Å². The van der Waals surface area contributed by atoms with Gasteiger partial charge in [-0.15, -0.1) is 0 Å². The minimum absolute atomic E-state index is 0.0575. The Labute approximate surface area is 153 Å². The molecule has 0 radical (unpaired) electrons. The smallest absolute Gasteiger partial charge is 0.231 e. The maximum Gasteiger partial charge on any atom is 0.231 e. The average Bonchev–Trinajstić information content (AvgIpc) is 3.21. The third-order valence-electron chi connectivity index (χ3n) is 7.00. The zero-order valence-electron chi connectivity index (χ0n) is 14.9. The second-order valence-corrected chi connectivity index (χ2v) is 8.42. The highest BCUT2D eigenvalue weighted by molar-refractivity contribution is 5.53. The lowest BCUT2D eigenvalue weighted by atomic mass is 9.73. The summed E-state index contributed by atoms with van der Waals surface area (Å²) in [6.07, 6.45) is 6.46. The fraction of sp³-hybridized carbons (Fsp3) is 0.619. The van der Waals surface area contributed by atoms with Crippen LogP contribution in [0.2, 0.25) is 0 Å². The number of nitrogens with zero attached hydrogens (tertiary/aromatic N) is 1. The zero-order chi connectivity index (χ0) is 17.3. The van der Waals surface area contributed by atoms with Crippen molar-refractivity contribution in [2.75, 3.05) is 19.9 Å². The van der Waals surface area contributed by atoms with Gasteiger partial charge < -0.3 is 19.3 Å². The Morgan fingerprint density at radius 3 is 2.85 bits per heavy atom. The monoisotopic (exact) mass is 355 g/mol. The van der Waals surface area contributed by atoms with Gasteiger partial charge in [0.05, 0.1) is 12.7 Å². The molecule has 5 aliphatic rings. The number of aliphatic hydroxyl groups excluding tert-OH is 1. The standard InChI is InChI=1S/C21H25NO4/c23-21-18(24-10-12-2-1-3-12)6-13-4-5-22-9-14-7-16-17(26-11-25-16)8-15(14)19(21)20(13)22/h6-8,12,18-21,23H,1-5,9-11H2/t18-,19-,20+,21+/m0/s1. The normalized spacial score (nSPS) is 34.9. The first-order valence-electron chi connectivity index (χ1n) is 9.94. The zero-order valence-corrected chi connectivity index (χ0v) is 14.9. The molecule has 138 valence electrons. The predicted octanol–water partition coefficient (Wildman–Crippen LogP) is 2.57. The van der Waals surface area contributed by atoms with Crippen LogP contribution in [0.25, 0.3) is 0 Å². The fourth-order valence-corrected chi connectivity index (χ4v) is 5.39. The number of rotatable bonds is 3. The van der Waals surface area contributed by atoms with Crippen LogP contribution in [0.3, 0.4) is 0 Å². The van der Waals surface area contributed by atoms with Gasteiger partial charge in [-0.2, -0.15) is 0 Å². The molecule has 26 heavy (non-hydrogen) atoms. The van der Waals surface area contributed by atoms with Crippen LogP contribution in [0, 0.1) is 5.92 Å². The van der Waals surface area contributed by atoms with Gasteiger partial charge in [-0.05, 0) is 48.4 Å². The molecular weight excluding hydrogens is 330 g/mol. The SMILES string of the molecule is O[C@H]1[C@H]2c3cc4c(cc3CN3CCC(=C[C@@H]1OCC1CCC1)[C@H]23)OCO4. The van der Waals surface area contributed by atoms with E-state index in [1.807, 2.05) is 0 Å². The minimum Gasteiger partial charge on any atom is -0.454 e. The lowest BCUT2D eigenvalue weighted by molar-refractivity contribution is -0.0590. The molecule has 5 heteroatoms. The van der Waals surface area contributed by atoms with Crippen molar-refractivity contribution in [3.05, 3.63) is 34.9 Å². The quantitative estimate of drug-likeness (QED) is 0.845. The van der Waals surface area contributed by atoms with E-state index in [9.17, 15) is 5.11 Å². The molecule has 1 N–H and O–H groups in total. The second-order valence-electron chi connectivity index (χ2n) is 8.42. The number of hydrogen-bond donors (Lipinski definition) is 1. The van der Waals surface area contributed by atoms with Crippen LogP contribution in [-0.2, 0) is 11.3 Å². The molecular formula is C21H25NO4. The van der Waals surface area contributed by atoms with Crippen LogP contribution in [0.4, 0.5) is 0 Å². The van der Waals surface area contributed by atoms with Crippen molar-refractivity contribution < 1.29 is 19.3 Å². The van der Waals surface area contributed by atoms with E-state index in [-0.39, 0.29) is 18.8 Å². The lowest BCUT2D eigenvalue weighted by Crippen LogP contribution is -2.50. The Morgan fingerprint density at radius 1 is 1.19 bits per heavy atom. The summed E-state index contributed by atoms with van der Waals surface area (Å²) < 4.78 is 17.4. The van der Waals surface area contributed by atoms with Crippen molar-refractivity contribution in [3.63, 3.8) is 0 Å². The molecule has 0 amide bonds. The molecule has 1 saturated heterocycles. The Morgan fingerprint density at radius 2 is 2.04 bits per heavy atom. The van der Waals surface area contributed by atoms with Crippen LogP contribution in [0.15, 0.2) is 23.8 Å². The van der Waals surface area contributed by atoms with Crippen molar-refractivity contribution in [3.8, 4) is 11.5 Å². The van der Waals surface area contributed by atoms with Gasteiger partial charge in [0.25, 0.3) is 0 Å². The van der Waals surface area contributed by atoms with Crippen LogP contribution in [0.1, 0.15) is 42.7 Å². The molecule has 5 nitrogen and oxygen atoms in total. The summed E-state index contributed by atoms with van der Waals surface area (Å²) >= 11 is 0. The molecule has 0 spiro atoms. The first kappa shape index (κ1) is 15.5. The first-order chi connectivity index (χ1) is 12.8. The molecule has 6 rings (SSSR count). The summed E-state index contributed by atoms with van der Waals surface area (Å²) in [4.78, 5) is 2.51. The molecule has 4 atom stereocenters. The maximum atomic E-state index is 11.3. The molecule has 0 aromatic heterocycles.